The molecule has 0 amide bonds. The second kappa shape index (κ2) is 1.58. The van der Waals surface area contributed by atoms with Gasteiger partial charge in [0.2, 0.25) is 0 Å². The Kier molecular flexibility index (Phi) is 1.08. The van der Waals surface area contributed by atoms with Gasteiger partial charge in [-0.1, -0.05) is 0 Å². The maximum absolute atomic E-state index is 4.93. The molecule has 1 aliphatic rings. The van der Waals surface area contributed by atoms with Crippen LogP contribution in [0, 0.1) is 0 Å². The zero-order chi connectivity index (χ0) is 4.41. The number of quaternary nitrogens is 1. The minimum atomic E-state index is 0.699. The largest absolute Gasteiger partial charge is 0.206 e. The van der Waals surface area contributed by atoms with Gasteiger partial charge >= 0.3 is 0 Å². The highest BCUT2D eigenvalue weighted by atomic mass is 16.7. The Bertz CT molecular complexity index is 40.8. The van der Waals surface area contributed by atoms with E-state index in [4.69, 9.17) is 4.84 Å². The molecule has 1 aliphatic heterocycles. The van der Waals surface area contributed by atoms with Crippen LogP contribution < -0.4 is 5.48 Å². The van der Waals surface area contributed by atoms with Crippen molar-refractivity contribution in [1.82, 2.24) is 0 Å². The zero-order valence-electron chi connectivity index (χ0n) is 3.98. The molecule has 1 rings (SSSR count). The predicted molar refractivity (Wildman–Crippen MR) is 22.0 cm³/mol. The van der Waals surface area contributed by atoms with E-state index in [1.165, 1.54) is 6.42 Å². The highest BCUT2D eigenvalue weighted by molar-refractivity contribution is 4.43. The van der Waals surface area contributed by atoms with Crippen molar-refractivity contribution >= 4 is 0 Å². The van der Waals surface area contributed by atoms with Crippen LogP contribution >= 0.6 is 0 Å². The van der Waals surface area contributed by atoms with Crippen molar-refractivity contribution in [2.24, 2.45) is 0 Å². The molecular formula is C4H10NO+. The van der Waals surface area contributed by atoms with Gasteiger partial charge in [-0.25, -0.2) is 4.84 Å². The quantitative estimate of drug-likeness (QED) is 0.415. The summed E-state index contributed by atoms with van der Waals surface area (Å²) in [5, 5.41) is 0. The summed E-state index contributed by atoms with van der Waals surface area (Å²) in [6.07, 6.45) is 1.21. The molecule has 0 radical (unpaired) electrons. The van der Waals surface area contributed by atoms with Crippen molar-refractivity contribution in [2.75, 3.05) is 6.61 Å². The summed E-state index contributed by atoms with van der Waals surface area (Å²) < 4.78 is 0. The molecule has 0 aromatic rings. The van der Waals surface area contributed by atoms with Gasteiger partial charge in [-0.05, 0) is 6.92 Å². The maximum Gasteiger partial charge on any atom is 0.115 e. The van der Waals surface area contributed by atoms with Crippen LogP contribution in [0.3, 0.4) is 0 Å². The number of rotatable bonds is 0. The molecule has 0 aliphatic carbocycles. The Morgan fingerprint density at radius 1 is 1.83 bits per heavy atom. The van der Waals surface area contributed by atoms with E-state index in [0.29, 0.717) is 6.04 Å². The first-order valence-corrected chi connectivity index (χ1v) is 2.34. The molecule has 1 fully saturated rings. The summed E-state index contributed by atoms with van der Waals surface area (Å²) in [7, 11) is 0. The van der Waals surface area contributed by atoms with Gasteiger partial charge < -0.3 is 0 Å². The van der Waals surface area contributed by atoms with Crippen molar-refractivity contribution in [3.05, 3.63) is 0 Å². The van der Waals surface area contributed by atoms with Crippen LogP contribution in [0.1, 0.15) is 13.3 Å². The second-order valence-electron chi connectivity index (χ2n) is 1.77. The molecule has 1 unspecified atom stereocenters. The van der Waals surface area contributed by atoms with Gasteiger partial charge in [0.15, 0.2) is 0 Å². The lowest BCUT2D eigenvalue weighted by atomic mass is 10.3. The fourth-order valence-electron chi connectivity index (χ4n) is 0.554. The molecule has 2 N–H and O–H groups in total. The van der Waals surface area contributed by atoms with Crippen LogP contribution in [-0.2, 0) is 4.84 Å². The number of hydrogen-bond donors (Lipinski definition) is 1. The Morgan fingerprint density at radius 2 is 2.67 bits per heavy atom. The maximum atomic E-state index is 4.93. The molecule has 0 saturated carbocycles. The van der Waals surface area contributed by atoms with Crippen LogP contribution in [0.5, 0.6) is 0 Å². The fourth-order valence-corrected chi connectivity index (χ4v) is 0.554. The molecule has 36 valence electrons. The first-order chi connectivity index (χ1) is 2.89. The second-order valence-corrected chi connectivity index (χ2v) is 1.77. The van der Waals surface area contributed by atoms with E-state index in [1.54, 1.807) is 0 Å². The molecule has 0 aromatic heterocycles. The lowest BCUT2D eigenvalue weighted by Gasteiger charge is -1.87. The van der Waals surface area contributed by atoms with Gasteiger partial charge in [0.1, 0.15) is 12.6 Å². The topological polar surface area (TPSA) is 25.8 Å². The highest BCUT2D eigenvalue weighted by Crippen LogP contribution is 1.87. The Hall–Kier alpha value is -0.0800. The Balaban J connectivity index is 2.18. The minimum absolute atomic E-state index is 0.699. The van der Waals surface area contributed by atoms with Crippen molar-refractivity contribution in [3.63, 3.8) is 0 Å². The van der Waals surface area contributed by atoms with E-state index in [9.17, 15) is 0 Å². The molecule has 1 saturated heterocycles. The van der Waals surface area contributed by atoms with Gasteiger partial charge in [0.05, 0.1) is 0 Å². The van der Waals surface area contributed by atoms with Crippen LogP contribution in [-0.4, -0.2) is 12.6 Å². The number of hydroxylamine groups is 1. The van der Waals surface area contributed by atoms with Crippen LogP contribution in [0.15, 0.2) is 0 Å². The summed E-state index contributed by atoms with van der Waals surface area (Å²) in [4.78, 5) is 4.93. The van der Waals surface area contributed by atoms with Crippen molar-refractivity contribution < 1.29 is 10.3 Å². The minimum Gasteiger partial charge on any atom is -0.206 e. The monoisotopic (exact) mass is 88.1 g/mol. The van der Waals surface area contributed by atoms with E-state index in [0.717, 1.165) is 6.61 Å². The number of nitrogens with two attached hydrogens (primary N) is 1. The van der Waals surface area contributed by atoms with Gasteiger partial charge in [-0.2, -0.15) is 5.48 Å². The van der Waals surface area contributed by atoms with E-state index in [-0.39, 0.29) is 0 Å². The molecule has 0 bridgehead atoms. The van der Waals surface area contributed by atoms with E-state index in [2.05, 4.69) is 6.92 Å². The van der Waals surface area contributed by atoms with Gasteiger partial charge in [-0.3, -0.25) is 0 Å². The van der Waals surface area contributed by atoms with Gasteiger partial charge in [-0.15, -0.1) is 0 Å². The van der Waals surface area contributed by atoms with E-state index in [1.807, 2.05) is 5.48 Å². The molecular weight excluding hydrogens is 78.0 g/mol. The molecule has 1 heterocycles. The fraction of sp³-hybridized carbons (Fsp3) is 1.00. The first kappa shape index (κ1) is 4.09. The van der Waals surface area contributed by atoms with Crippen LogP contribution in [0.25, 0.3) is 0 Å². The Morgan fingerprint density at radius 3 is 2.83 bits per heavy atom. The molecule has 2 nitrogen and oxygen atoms in total. The third kappa shape index (κ3) is 0.698. The third-order valence-electron chi connectivity index (χ3n) is 1.02. The molecule has 0 spiro atoms. The van der Waals surface area contributed by atoms with E-state index >= 15 is 0 Å². The predicted octanol–water partition coefficient (Wildman–Crippen LogP) is -0.726. The molecule has 0 aromatic carbocycles. The van der Waals surface area contributed by atoms with Crippen LogP contribution in [0.4, 0.5) is 0 Å². The summed E-state index contributed by atoms with van der Waals surface area (Å²) in [5.41, 5.74) is 1.90. The lowest BCUT2D eigenvalue weighted by Crippen LogP contribution is -2.84. The van der Waals surface area contributed by atoms with Crippen LogP contribution in [0.2, 0.25) is 0 Å². The van der Waals surface area contributed by atoms with Gasteiger partial charge in [0, 0.05) is 6.42 Å². The molecule has 1 atom stereocenters. The normalized spacial score (nSPS) is 34.5. The van der Waals surface area contributed by atoms with Crippen molar-refractivity contribution in [1.29, 1.82) is 0 Å². The summed E-state index contributed by atoms with van der Waals surface area (Å²) >= 11 is 0. The van der Waals surface area contributed by atoms with Crippen molar-refractivity contribution in [2.45, 2.75) is 19.4 Å². The highest BCUT2D eigenvalue weighted by Gasteiger charge is 2.11. The summed E-state index contributed by atoms with van der Waals surface area (Å²) in [6.45, 7) is 3.09. The smallest absolute Gasteiger partial charge is 0.115 e. The first-order valence-electron chi connectivity index (χ1n) is 2.34. The Labute approximate surface area is 37.4 Å². The molecule has 6 heavy (non-hydrogen) atoms. The standard InChI is InChI=1S/C4H9NO/c1-4-2-3-6-5-4/h4-5H,2-3H2,1H3/p+1. The van der Waals surface area contributed by atoms with Gasteiger partial charge in [0.25, 0.3) is 0 Å². The van der Waals surface area contributed by atoms with E-state index < -0.39 is 0 Å². The average Bonchev–Trinajstić information content (AvgIpc) is 1.86. The lowest BCUT2D eigenvalue weighted by molar-refractivity contribution is -0.893. The average molecular weight is 88.1 g/mol. The molecule has 2 heteroatoms. The summed E-state index contributed by atoms with van der Waals surface area (Å²) in [5.74, 6) is 0. The number of hydrogen-bond acceptors (Lipinski definition) is 1. The third-order valence-corrected chi connectivity index (χ3v) is 1.02. The summed E-state index contributed by atoms with van der Waals surface area (Å²) in [6, 6.07) is 0.699. The zero-order valence-corrected chi connectivity index (χ0v) is 3.98. The van der Waals surface area contributed by atoms with Crippen molar-refractivity contribution in [3.8, 4) is 0 Å². The SMILES string of the molecule is CC1CCO[NH2+]1.